The zero-order valence-corrected chi connectivity index (χ0v) is 29.7. The van der Waals surface area contributed by atoms with Gasteiger partial charge in [0.25, 0.3) is 5.91 Å². The number of carbonyl (C=O) groups is 1. The number of rotatable bonds is 10. The van der Waals surface area contributed by atoms with E-state index in [4.69, 9.17) is 4.98 Å². The fraction of sp³-hybridized carbons (Fsp3) is 0.231. The summed E-state index contributed by atoms with van der Waals surface area (Å²) >= 11 is 1.88. The number of nitrogens with one attached hydrogen (secondary N) is 2. The summed E-state index contributed by atoms with van der Waals surface area (Å²) in [5, 5.41) is 27.0. The predicted octanol–water partition coefficient (Wildman–Crippen LogP) is 8.56. The zero-order valence-electron chi connectivity index (χ0n) is 28.9. The quantitative estimate of drug-likeness (QED) is 0.102. The molecule has 4 heterocycles. The minimum atomic E-state index is -0.983. The third-order valence-corrected chi connectivity index (χ3v) is 10.1. The molecule has 1 fully saturated rings. The summed E-state index contributed by atoms with van der Waals surface area (Å²) in [4.78, 5) is 29.2. The molecule has 0 atom stereocenters. The number of imidazole rings is 1. The number of thioether (sulfide) groups is 1. The SMILES string of the molecule is CSCCC1CCN(c2cc(O)c(Nc3nccc(-c4c(-c5ccc(O)c(C(=O)Nc6c(F)cccc6F)c5)nc5cc(F)ccn45)n3)cc2C)CC1. The molecule has 272 valence electrons. The number of anilines is 4. The van der Waals surface area contributed by atoms with Crippen LogP contribution in [0.3, 0.4) is 0 Å². The average Bonchev–Trinajstić information content (AvgIpc) is 3.53. The van der Waals surface area contributed by atoms with Crippen molar-refractivity contribution in [1.29, 1.82) is 0 Å². The minimum Gasteiger partial charge on any atom is -0.507 e. The molecule has 3 aromatic heterocycles. The van der Waals surface area contributed by atoms with Gasteiger partial charge in [0.05, 0.1) is 28.3 Å². The maximum absolute atomic E-state index is 14.4. The standard InChI is InChI=1S/C39H36F3N7O3S/c1-22-18-30(33(51)21-31(22)48-14-9-23(10-15-48)12-17-53-2)45-39-43-13-8-29(44-39)37-35(46-34-20-25(40)11-16-49(34)37)24-6-7-32(50)26(19-24)38(52)47-36-27(41)4-3-5-28(36)42/h3-8,11,13,16,18-21,23,50-51H,9-10,12,14-15,17H2,1-2H3,(H,47,52)(H,43,44,45). The van der Waals surface area contributed by atoms with Gasteiger partial charge in [-0.3, -0.25) is 9.20 Å². The van der Waals surface area contributed by atoms with Crippen molar-refractivity contribution in [2.45, 2.75) is 26.2 Å². The molecule has 0 saturated carbocycles. The molecule has 0 unspecified atom stereocenters. The third kappa shape index (κ3) is 7.45. The van der Waals surface area contributed by atoms with Crippen molar-refractivity contribution in [1.82, 2.24) is 19.4 Å². The number of fused-ring (bicyclic) bond motifs is 1. The lowest BCUT2D eigenvalue weighted by Gasteiger charge is -2.34. The number of aryl methyl sites for hydroxylation is 1. The molecule has 1 saturated heterocycles. The van der Waals surface area contributed by atoms with Gasteiger partial charge in [0.2, 0.25) is 5.95 Å². The Hall–Kier alpha value is -5.76. The van der Waals surface area contributed by atoms with Crippen LogP contribution in [0, 0.1) is 30.3 Å². The molecule has 0 radical (unpaired) electrons. The Bertz CT molecular complexity index is 2310. The summed E-state index contributed by atoms with van der Waals surface area (Å²) < 4.78 is 44.7. The number of hydrogen-bond acceptors (Lipinski definition) is 9. The molecule has 6 aromatic rings. The van der Waals surface area contributed by atoms with Crippen LogP contribution in [-0.2, 0) is 0 Å². The van der Waals surface area contributed by atoms with Gasteiger partial charge >= 0.3 is 0 Å². The Kier molecular flexibility index (Phi) is 10.1. The largest absolute Gasteiger partial charge is 0.507 e. The lowest BCUT2D eigenvalue weighted by molar-refractivity contribution is 0.102. The van der Waals surface area contributed by atoms with Crippen molar-refractivity contribution in [2.75, 3.05) is 40.6 Å². The van der Waals surface area contributed by atoms with Crippen molar-refractivity contribution >= 4 is 46.3 Å². The Morgan fingerprint density at radius 1 is 0.962 bits per heavy atom. The predicted molar refractivity (Wildman–Crippen MR) is 202 cm³/mol. The molecule has 0 spiro atoms. The number of phenols is 2. The number of amides is 1. The monoisotopic (exact) mass is 739 g/mol. The molecule has 0 aliphatic carbocycles. The Morgan fingerprint density at radius 3 is 2.49 bits per heavy atom. The van der Waals surface area contributed by atoms with Crippen LogP contribution < -0.4 is 15.5 Å². The van der Waals surface area contributed by atoms with E-state index in [1.165, 1.54) is 61.0 Å². The Morgan fingerprint density at radius 2 is 1.74 bits per heavy atom. The summed E-state index contributed by atoms with van der Waals surface area (Å²) in [6.45, 7) is 3.86. The smallest absolute Gasteiger partial charge is 0.259 e. The molecule has 1 amide bonds. The third-order valence-electron chi connectivity index (χ3n) is 9.45. The van der Waals surface area contributed by atoms with Gasteiger partial charge in [-0.2, -0.15) is 11.8 Å². The number of piperidine rings is 1. The maximum Gasteiger partial charge on any atom is 0.259 e. The zero-order chi connectivity index (χ0) is 37.2. The number of carbonyl (C=O) groups excluding carboxylic acids is 1. The van der Waals surface area contributed by atoms with Crippen LogP contribution in [0.25, 0.3) is 28.3 Å². The van der Waals surface area contributed by atoms with Gasteiger partial charge in [-0.1, -0.05) is 6.07 Å². The van der Waals surface area contributed by atoms with Crippen LogP contribution in [0.2, 0.25) is 0 Å². The van der Waals surface area contributed by atoms with Gasteiger partial charge in [-0.15, -0.1) is 0 Å². The molecular formula is C39H36F3N7O3S. The van der Waals surface area contributed by atoms with Crippen molar-refractivity contribution in [3.05, 3.63) is 108 Å². The summed E-state index contributed by atoms with van der Waals surface area (Å²) in [6.07, 6.45) is 8.60. The first-order chi connectivity index (χ1) is 25.6. The van der Waals surface area contributed by atoms with Crippen LogP contribution >= 0.6 is 11.8 Å². The second kappa shape index (κ2) is 15.1. The number of hydrogen-bond donors (Lipinski definition) is 4. The number of para-hydroxylation sites is 1. The van der Waals surface area contributed by atoms with Crippen molar-refractivity contribution in [3.63, 3.8) is 0 Å². The van der Waals surface area contributed by atoms with Gasteiger partial charge < -0.3 is 25.7 Å². The minimum absolute atomic E-state index is 0.0419. The van der Waals surface area contributed by atoms with Crippen LogP contribution in [-0.4, -0.2) is 60.6 Å². The highest BCUT2D eigenvalue weighted by molar-refractivity contribution is 7.98. The molecule has 7 rings (SSSR count). The van der Waals surface area contributed by atoms with Gasteiger partial charge in [0.1, 0.15) is 40.3 Å². The molecule has 10 nitrogen and oxygen atoms in total. The van der Waals surface area contributed by atoms with Gasteiger partial charge in [0.15, 0.2) is 0 Å². The lowest BCUT2D eigenvalue weighted by atomic mass is 9.93. The molecule has 14 heteroatoms. The van der Waals surface area contributed by atoms with Crippen molar-refractivity contribution < 1.29 is 28.2 Å². The lowest BCUT2D eigenvalue weighted by Crippen LogP contribution is -2.34. The summed E-state index contributed by atoms with van der Waals surface area (Å²) in [5.74, 6) is -1.80. The number of halogens is 3. The Labute approximate surface area is 307 Å². The number of nitrogens with zero attached hydrogens (tertiary/aromatic N) is 5. The Balaban J connectivity index is 1.20. The number of benzene rings is 3. The molecule has 4 N–H and O–H groups in total. The molecule has 1 aliphatic rings. The van der Waals surface area contributed by atoms with Crippen LogP contribution in [0.5, 0.6) is 11.5 Å². The van der Waals surface area contributed by atoms with E-state index in [9.17, 15) is 28.2 Å². The average molecular weight is 740 g/mol. The molecule has 3 aromatic carbocycles. The first-order valence-corrected chi connectivity index (χ1v) is 18.4. The van der Waals surface area contributed by atoms with Crippen molar-refractivity contribution in [2.24, 2.45) is 5.92 Å². The normalized spacial score (nSPS) is 13.4. The van der Waals surface area contributed by atoms with E-state index in [0.717, 1.165) is 55.2 Å². The van der Waals surface area contributed by atoms with Gasteiger partial charge in [-0.25, -0.2) is 28.1 Å². The van der Waals surface area contributed by atoms with Crippen LogP contribution in [0.15, 0.2) is 79.1 Å². The molecule has 53 heavy (non-hydrogen) atoms. The van der Waals surface area contributed by atoms with E-state index in [0.29, 0.717) is 22.6 Å². The van der Waals surface area contributed by atoms with Crippen LogP contribution in [0.4, 0.5) is 36.2 Å². The number of aromatic nitrogens is 4. The fourth-order valence-electron chi connectivity index (χ4n) is 6.67. The first-order valence-electron chi connectivity index (χ1n) is 17.0. The van der Waals surface area contributed by atoms with E-state index >= 15 is 0 Å². The second-order valence-electron chi connectivity index (χ2n) is 12.9. The highest BCUT2D eigenvalue weighted by Crippen LogP contribution is 2.38. The number of pyridine rings is 1. The molecule has 0 bridgehead atoms. The van der Waals surface area contributed by atoms with E-state index in [-0.39, 0.29) is 28.6 Å². The topological polar surface area (TPSA) is 128 Å². The van der Waals surface area contributed by atoms with E-state index in [2.05, 4.69) is 31.8 Å². The molecular weight excluding hydrogens is 704 g/mol. The number of aromatic hydroxyl groups is 2. The second-order valence-corrected chi connectivity index (χ2v) is 13.9. The summed E-state index contributed by atoms with van der Waals surface area (Å²) in [5.41, 5.74) is 3.03. The fourth-order valence-corrected chi connectivity index (χ4v) is 7.24. The molecule has 1 aliphatic heterocycles. The number of phenolic OH excluding ortho intramolecular Hbond substituents is 2. The highest BCUT2D eigenvalue weighted by Gasteiger charge is 2.24. The maximum atomic E-state index is 14.4. The van der Waals surface area contributed by atoms with E-state index in [1.54, 1.807) is 16.5 Å². The highest BCUT2D eigenvalue weighted by atomic mass is 32.2. The first kappa shape index (κ1) is 35.6. The van der Waals surface area contributed by atoms with Crippen LogP contribution in [0.1, 0.15) is 35.2 Å². The van der Waals surface area contributed by atoms with Crippen molar-refractivity contribution in [3.8, 4) is 34.1 Å². The van der Waals surface area contributed by atoms with E-state index < -0.39 is 34.8 Å². The summed E-state index contributed by atoms with van der Waals surface area (Å²) in [6, 6.07) is 15.0. The van der Waals surface area contributed by atoms with Gasteiger partial charge in [0, 0.05) is 48.9 Å². The summed E-state index contributed by atoms with van der Waals surface area (Å²) in [7, 11) is 0. The van der Waals surface area contributed by atoms with Gasteiger partial charge in [-0.05, 0) is 98.2 Å². The van der Waals surface area contributed by atoms with E-state index in [1.807, 2.05) is 24.8 Å².